The number of oxazole rings is 1. The Hall–Kier alpha value is -1.77. The number of benzene rings is 1. The molecule has 8 heteroatoms. The number of nitrogens with zero attached hydrogens (tertiary/aromatic N) is 1. The molecule has 1 aromatic heterocycles. The van der Waals surface area contributed by atoms with Gasteiger partial charge in [-0.05, 0) is 24.6 Å². The zero-order valence-corrected chi connectivity index (χ0v) is 11.6. The summed E-state index contributed by atoms with van der Waals surface area (Å²) in [5.74, 6) is -0.0632. The van der Waals surface area contributed by atoms with Crippen LogP contribution >= 0.6 is 0 Å². The normalized spacial score (nSPS) is 11.8. The smallest absolute Gasteiger partial charge is 0.243 e. The van der Waals surface area contributed by atoms with Gasteiger partial charge in [0.2, 0.25) is 15.9 Å². The van der Waals surface area contributed by atoms with Gasteiger partial charge in [0, 0.05) is 6.54 Å². The van der Waals surface area contributed by atoms with Crippen molar-refractivity contribution in [3.8, 4) is 0 Å². The highest BCUT2D eigenvalue weighted by Crippen LogP contribution is 2.16. The van der Waals surface area contributed by atoms with Crippen LogP contribution in [0.4, 0.5) is 4.39 Å². The van der Waals surface area contributed by atoms with E-state index in [4.69, 9.17) is 10.2 Å². The molecule has 0 bridgehead atoms. The minimum absolute atomic E-state index is 0.139. The van der Waals surface area contributed by atoms with Crippen molar-refractivity contribution in [2.24, 2.45) is 5.73 Å². The molecule has 0 fully saturated rings. The number of hydrogen-bond donors (Lipinski definition) is 2. The van der Waals surface area contributed by atoms with E-state index in [1.165, 1.54) is 18.3 Å². The van der Waals surface area contributed by atoms with Crippen molar-refractivity contribution >= 4 is 10.0 Å². The molecule has 0 unspecified atom stereocenters. The first-order valence-corrected chi connectivity index (χ1v) is 7.30. The number of sulfonamides is 1. The number of halogens is 1. The lowest BCUT2D eigenvalue weighted by Crippen LogP contribution is -2.24. The Morgan fingerprint density at radius 1 is 1.45 bits per heavy atom. The first kappa shape index (κ1) is 14.6. The third-order valence-corrected chi connectivity index (χ3v) is 4.04. The minimum atomic E-state index is -3.97. The molecule has 0 atom stereocenters. The van der Waals surface area contributed by atoms with Crippen molar-refractivity contribution in [3.05, 3.63) is 47.4 Å². The van der Waals surface area contributed by atoms with Gasteiger partial charge in [-0.3, -0.25) is 0 Å². The molecule has 0 radical (unpaired) electrons. The van der Waals surface area contributed by atoms with E-state index in [2.05, 4.69) is 9.71 Å². The third-order valence-electron chi connectivity index (χ3n) is 2.60. The number of nitrogens with two attached hydrogens (primary N) is 1. The highest BCUT2D eigenvalue weighted by atomic mass is 32.2. The van der Waals surface area contributed by atoms with Crippen molar-refractivity contribution in [3.63, 3.8) is 0 Å². The average Bonchev–Trinajstić information content (AvgIpc) is 2.82. The van der Waals surface area contributed by atoms with E-state index in [1.807, 2.05) is 0 Å². The van der Waals surface area contributed by atoms with Crippen LogP contribution in [0, 0.1) is 12.7 Å². The molecule has 108 valence electrons. The van der Waals surface area contributed by atoms with E-state index in [-0.39, 0.29) is 19.0 Å². The molecule has 2 aromatic rings. The molecule has 0 amide bonds. The number of aryl methyl sites for hydroxylation is 1. The monoisotopic (exact) mass is 299 g/mol. The second-order valence-electron chi connectivity index (χ2n) is 4.16. The van der Waals surface area contributed by atoms with Crippen LogP contribution in [0.15, 0.2) is 33.7 Å². The second-order valence-corrected chi connectivity index (χ2v) is 5.89. The SMILES string of the molecule is Cc1cnc(CNS(=O)(=O)c2ccc(CN)cc2F)o1. The van der Waals surface area contributed by atoms with Crippen LogP contribution < -0.4 is 10.5 Å². The molecular weight excluding hydrogens is 285 g/mol. The van der Waals surface area contributed by atoms with Crippen LogP contribution in [-0.2, 0) is 23.1 Å². The summed E-state index contributed by atoms with van der Waals surface area (Å²) in [6, 6.07) is 3.75. The van der Waals surface area contributed by atoms with Gasteiger partial charge in [0.15, 0.2) is 0 Å². The summed E-state index contributed by atoms with van der Waals surface area (Å²) in [6.07, 6.45) is 1.47. The van der Waals surface area contributed by atoms with Crippen LogP contribution in [-0.4, -0.2) is 13.4 Å². The highest BCUT2D eigenvalue weighted by Gasteiger charge is 2.19. The topological polar surface area (TPSA) is 98.2 Å². The standard InChI is InChI=1S/C12H14FN3O3S/c1-8-6-15-12(19-8)7-16-20(17,18)11-3-2-9(5-14)4-10(11)13/h2-4,6,16H,5,7,14H2,1H3. The highest BCUT2D eigenvalue weighted by molar-refractivity contribution is 7.89. The molecule has 20 heavy (non-hydrogen) atoms. The van der Waals surface area contributed by atoms with E-state index in [9.17, 15) is 12.8 Å². The van der Waals surface area contributed by atoms with Crippen molar-refractivity contribution < 1.29 is 17.2 Å². The molecule has 6 nitrogen and oxygen atoms in total. The van der Waals surface area contributed by atoms with Crippen molar-refractivity contribution in [2.75, 3.05) is 0 Å². The first-order valence-electron chi connectivity index (χ1n) is 5.82. The Kier molecular flexibility index (Phi) is 4.17. The maximum atomic E-state index is 13.7. The van der Waals surface area contributed by atoms with E-state index in [1.54, 1.807) is 6.92 Å². The van der Waals surface area contributed by atoms with Crippen molar-refractivity contribution in [2.45, 2.75) is 24.9 Å². The van der Waals surface area contributed by atoms with Gasteiger partial charge < -0.3 is 10.2 Å². The number of aromatic nitrogens is 1. The number of hydrogen-bond acceptors (Lipinski definition) is 5. The van der Waals surface area contributed by atoms with E-state index in [0.29, 0.717) is 11.3 Å². The quantitative estimate of drug-likeness (QED) is 0.860. The maximum absolute atomic E-state index is 13.7. The zero-order valence-electron chi connectivity index (χ0n) is 10.8. The Labute approximate surface area is 115 Å². The predicted molar refractivity (Wildman–Crippen MR) is 69.6 cm³/mol. The summed E-state index contributed by atoms with van der Waals surface area (Å²) < 4.78 is 45.1. The van der Waals surface area contributed by atoms with Crippen LogP contribution in [0.25, 0.3) is 0 Å². The number of nitrogens with one attached hydrogen (secondary N) is 1. The summed E-state index contributed by atoms with van der Waals surface area (Å²) in [5.41, 5.74) is 5.88. The minimum Gasteiger partial charge on any atom is -0.445 e. The predicted octanol–water partition coefficient (Wildman–Crippen LogP) is 1.06. The van der Waals surface area contributed by atoms with Crippen LogP contribution in [0.1, 0.15) is 17.2 Å². The van der Waals surface area contributed by atoms with E-state index in [0.717, 1.165) is 6.07 Å². The molecule has 3 N–H and O–H groups in total. The largest absolute Gasteiger partial charge is 0.445 e. The lowest BCUT2D eigenvalue weighted by atomic mass is 10.2. The van der Waals surface area contributed by atoms with Gasteiger partial charge in [-0.2, -0.15) is 0 Å². The lowest BCUT2D eigenvalue weighted by molar-refractivity contribution is 0.462. The molecule has 0 saturated heterocycles. The average molecular weight is 299 g/mol. The molecule has 0 saturated carbocycles. The Morgan fingerprint density at radius 2 is 2.20 bits per heavy atom. The summed E-state index contributed by atoms with van der Waals surface area (Å²) in [4.78, 5) is 3.43. The fourth-order valence-corrected chi connectivity index (χ4v) is 2.64. The van der Waals surface area contributed by atoms with Crippen LogP contribution in [0.3, 0.4) is 0 Å². The van der Waals surface area contributed by atoms with Crippen LogP contribution in [0.5, 0.6) is 0 Å². The Bertz CT molecular complexity index is 712. The Morgan fingerprint density at radius 3 is 2.75 bits per heavy atom. The van der Waals surface area contributed by atoms with Gasteiger partial charge in [0.25, 0.3) is 0 Å². The van der Waals surface area contributed by atoms with Gasteiger partial charge >= 0.3 is 0 Å². The molecular formula is C12H14FN3O3S. The zero-order chi connectivity index (χ0) is 14.8. The van der Waals surface area contributed by atoms with Gasteiger partial charge in [-0.1, -0.05) is 6.07 Å². The Balaban J connectivity index is 2.18. The van der Waals surface area contributed by atoms with E-state index < -0.39 is 20.7 Å². The van der Waals surface area contributed by atoms with Gasteiger partial charge in [0.05, 0.1) is 12.7 Å². The maximum Gasteiger partial charge on any atom is 0.243 e. The molecule has 0 spiro atoms. The molecule has 1 heterocycles. The summed E-state index contributed by atoms with van der Waals surface area (Å²) in [6.45, 7) is 1.69. The fraction of sp³-hybridized carbons (Fsp3) is 0.250. The van der Waals surface area contributed by atoms with Crippen molar-refractivity contribution in [1.29, 1.82) is 0 Å². The summed E-state index contributed by atoms with van der Waals surface area (Å²) in [5, 5.41) is 0. The van der Waals surface area contributed by atoms with Crippen molar-refractivity contribution in [1.82, 2.24) is 9.71 Å². The third kappa shape index (κ3) is 3.21. The van der Waals surface area contributed by atoms with E-state index >= 15 is 0 Å². The molecule has 2 rings (SSSR count). The summed E-state index contributed by atoms with van der Waals surface area (Å²) in [7, 11) is -3.97. The van der Waals surface area contributed by atoms with Gasteiger partial charge in [0.1, 0.15) is 16.5 Å². The molecule has 0 aliphatic rings. The molecule has 0 aliphatic heterocycles. The van der Waals surface area contributed by atoms with Gasteiger partial charge in [-0.15, -0.1) is 0 Å². The first-order chi connectivity index (χ1) is 9.42. The second kappa shape index (κ2) is 5.70. The fourth-order valence-electron chi connectivity index (χ4n) is 1.61. The molecule has 0 aliphatic carbocycles. The lowest BCUT2D eigenvalue weighted by Gasteiger charge is -2.07. The molecule has 1 aromatic carbocycles. The number of rotatable bonds is 5. The van der Waals surface area contributed by atoms with Crippen LogP contribution in [0.2, 0.25) is 0 Å². The summed E-state index contributed by atoms with van der Waals surface area (Å²) >= 11 is 0. The van der Waals surface area contributed by atoms with Gasteiger partial charge in [-0.25, -0.2) is 22.5 Å².